The average molecular weight is 622 g/mol. The second-order valence-electron chi connectivity index (χ2n) is 14.8. The van der Waals surface area contributed by atoms with Gasteiger partial charge in [0.25, 0.3) is 0 Å². The number of hydrogen-bond acceptors (Lipinski definition) is 5. The van der Waals surface area contributed by atoms with Crippen molar-refractivity contribution in [3.8, 4) is 22.6 Å². The van der Waals surface area contributed by atoms with Gasteiger partial charge in [0.2, 0.25) is 11.3 Å². The summed E-state index contributed by atoms with van der Waals surface area (Å²) in [6, 6.07) is 23.3. The quantitative estimate of drug-likeness (QED) is 0.197. The Labute approximate surface area is 262 Å². The highest BCUT2D eigenvalue weighted by Crippen LogP contribution is 2.59. The molecule has 5 aromatic rings. The van der Waals surface area contributed by atoms with Gasteiger partial charge in [0.15, 0.2) is 0 Å². The second-order valence-corrected chi connectivity index (χ2v) is 23.4. The lowest BCUT2D eigenvalue weighted by Gasteiger charge is -2.52. The minimum absolute atomic E-state index is 0.116. The fraction of sp³-hybridized carbons (Fsp3) is 0.250. The van der Waals surface area contributed by atoms with Crippen LogP contribution in [0.3, 0.4) is 0 Å². The fourth-order valence-electron chi connectivity index (χ4n) is 10.8. The molecule has 12 rings (SSSR count). The predicted octanol–water partition coefficient (Wildman–Crippen LogP) is 1.09. The van der Waals surface area contributed by atoms with Crippen molar-refractivity contribution in [2.24, 2.45) is 0 Å². The summed E-state index contributed by atoms with van der Waals surface area (Å²) in [7, 11) is -4.18. The van der Waals surface area contributed by atoms with Crippen molar-refractivity contribution in [1.82, 2.24) is 15.6 Å². The third-order valence-electron chi connectivity index (χ3n) is 12.5. The molecule has 218 valence electrons. The summed E-state index contributed by atoms with van der Waals surface area (Å²) in [6.45, 7) is 10.9. The van der Waals surface area contributed by atoms with Crippen molar-refractivity contribution in [1.29, 1.82) is 0 Å². The Morgan fingerprint density at radius 2 is 1.11 bits per heavy atom. The first-order valence-electron chi connectivity index (χ1n) is 16.0. The lowest BCUT2D eigenvalue weighted by atomic mass is 9.73. The van der Waals surface area contributed by atoms with Gasteiger partial charge >= 0.3 is 18.5 Å². The molecule has 7 nitrogen and oxygen atoms in total. The molecule has 2 N–H and O–H groups in total. The monoisotopic (exact) mass is 621 g/mol. The van der Waals surface area contributed by atoms with Crippen molar-refractivity contribution in [2.75, 3.05) is 13.5 Å². The van der Waals surface area contributed by atoms with Crippen LogP contribution in [0.15, 0.2) is 73.3 Å². The zero-order valence-corrected chi connectivity index (χ0v) is 27.6. The molecule has 2 atom stereocenters. The van der Waals surface area contributed by atoms with Crippen molar-refractivity contribution in [3.05, 3.63) is 113 Å². The summed E-state index contributed by atoms with van der Waals surface area (Å²) in [5.74, 6) is 3.34. The Hall–Kier alpha value is -4.16. The molecule has 1 aromatic heterocycles. The van der Waals surface area contributed by atoms with Crippen molar-refractivity contribution >= 4 is 36.9 Å². The third kappa shape index (κ3) is 2.18. The van der Waals surface area contributed by atoms with Crippen LogP contribution in [-0.4, -0.2) is 34.6 Å². The van der Waals surface area contributed by atoms with Crippen LogP contribution in [-0.2, 0) is 11.3 Å². The molecule has 4 aromatic carbocycles. The van der Waals surface area contributed by atoms with Crippen LogP contribution < -0.4 is 50.0 Å². The van der Waals surface area contributed by atoms with Gasteiger partial charge in [-0.25, -0.2) is 10.6 Å². The molecule has 2 unspecified atom stereocenters. The van der Waals surface area contributed by atoms with Gasteiger partial charge in [-0.2, -0.15) is 0 Å². The van der Waals surface area contributed by atoms with E-state index in [2.05, 4.69) is 119 Å². The first-order valence-corrected chi connectivity index (χ1v) is 22.0. The summed E-state index contributed by atoms with van der Waals surface area (Å²) < 4.78 is 17.8. The number of nitrogens with one attached hydrogen (secondary N) is 2. The van der Waals surface area contributed by atoms with Crippen molar-refractivity contribution in [2.45, 2.75) is 43.4 Å². The van der Waals surface area contributed by atoms with E-state index in [0.29, 0.717) is 13.5 Å². The number of benzene rings is 4. The summed E-state index contributed by atoms with van der Waals surface area (Å²) in [4.78, 5) is 5.10. The maximum absolute atomic E-state index is 6.41. The number of fused-ring (bicyclic) bond motifs is 1. The fourth-order valence-corrected chi connectivity index (χ4v) is 17.1. The molecule has 0 saturated heterocycles. The topological polar surface area (TPSA) is 63.2 Å². The average Bonchev–Trinajstić information content (AvgIpc) is 3.40. The second kappa shape index (κ2) is 6.97. The standard InChI is InChI=1S/C36H31N5O2Si2/c1-44(2)23-9-5-7-21-30(23)35(38-17-42-21)32-25(44)13-11-19-20-12-14-26-33-28(20)29(27(19)32)34-40(35)15-37-16-41(34)36(33)31-22(43-18-39-36)8-6-10-24(31)45(26,3)4/h5-16,29,38-39H,17-18H2,1-4H3/q+2. The summed E-state index contributed by atoms with van der Waals surface area (Å²) >= 11 is 0. The van der Waals surface area contributed by atoms with E-state index >= 15 is 0 Å². The third-order valence-corrected chi connectivity index (χ3v) is 19.6. The van der Waals surface area contributed by atoms with Gasteiger partial charge in [-0.3, -0.25) is 0 Å². The molecular weight excluding hydrogens is 591 g/mol. The summed E-state index contributed by atoms with van der Waals surface area (Å²) in [5.41, 5.74) is 9.90. The number of nitrogens with zero attached hydrogens (tertiary/aromatic N) is 3. The first kappa shape index (κ1) is 24.1. The van der Waals surface area contributed by atoms with E-state index in [1.807, 2.05) is 0 Å². The van der Waals surface area contributed by atoms with Crippen molar-refractivity contribution < 1.29 is 18.6 Å². The summed E-state index contributed by atoms with van der Waals surface area (Å²) in [5, 5.41) is 13.9. The van der Waals surface area contributed by atoms with E-state index < -0.39 is 27.5 Å². The van der Waals surface area contributed by atoms with Crippen LogP contribution in [0, 0.1) is 0 Å². The van der Waals surface area contributed by atoms with Gasteiger partial charge in [0, 0.05) is 11.1 Å². The highest BCUT2D eigenvalue weighted by molar-refractivity contribution is 7.02. The Morgan fingerprint density at radius 3 is 1.60 bits per heavy atom. The molecule has 6 aliphatic heterocycles. The van der Waals surface area contributed by atoms with E-state index in [4.69, 9.17) is 14.5 Å². The van der Waals surface area contributed by atoms with E-state index in [-0.39, 0.29) is 5.92 Å². The molecule has 0 radical (unpaired) electrons. The van der Waals surface area contributed by atoms with Crippen LogP contribution in [0.2, 0.25) is 26.2 Å². The van der Waals surface area contributed by atoms with Crippen LogP contribution >= 0.6 is 0 Å². The lowest BCUT2D eigenvalue weighted by Crippen LogP contribution is -2.86. The molecule has 0 bridgehead atoms. The Morgan fingerprint density at radius 1 is 0.644 bits per heavy atom. The molecule has 7 aliphatic rings. The molecular formula is C36H31N5O2Si2+2. The highest BCUT2D eigenvalue weighted by atomic mass is 28.3. The van der Waals surface area contributed by atoms with E-state index in [0.717, 1.165) is 11.5 Å². The zero-order chi connectivity index (χ0) is 29.8. The molecule has 45 heavy (non-hydrogen) atoms. The molecule has 0 amide bonds. The molecule has 0 fully saturated rings. The van der Waals surface area contributed by atoms with Gasteiger partial charge in [0.05, 0.1) is 16.1 Å². The first-order chi connectivity index (χ1) is 21.8. The Kier molecular flexibility index (Phi) is 3.74. The molecule has 0 saturated carbocycles. The number of hydrogen-bond donors (Lipinski definition) is 2. The van der Waals surface area contributed by atoms with Crippen LogP contribution in [0.25, 0.3) is 11.1 Å². The normalized spacial score (nSPS) is 27.4. The molecule has 2 spiro atoms. The minimum atomic E-state index is -2.09. The molecule has 1 aliphatic carbocycles. The van der Waals surface area contributed by atoms with Gasteiger partial charge in [0.1, 0.15) is 47.0 Å². The van der Waals surface area contributed by atoms with Crippen LogP contribution in [0.5, 0.6) is 11.5 Å². The van der Waals surface area contributed by atoms with Crippen LogP contribution in [0.1, 0.15) is 45.1 Å². The van der Waals surface area contributed by atoms with Gasteiger partial charge in [-0.05, 0) is 55.1 Å². The lowest BCUT2D eigenvalue weighted by molar-refractivity contribution is -0.890. The maximum atomic E-state index is 6.41. The number of ether oxygens (including phenoxy) is 2. The summed E-state index contributed by atoms with van der Waals surface area (Å²) in [6.07, 6.45) is 4.17. The molecule has 9 heteroatoms. The van der Waals surface area contributed by atoms with E-state index in [1.165, 1.54) is 71.1 Å². The van der Waals surface area contributed by atoms with Crippen molar-refractivity contribution in [3.63, 3.8) is 0 Å². The highest BCUT2D eigenvalue weighted by Gasteiger charge is 2.70. The maximum Gasteiger partial charge on any atom is 0.360 e. The zero-order valence-electron chi connectivity index (χ0n) is 25.6. The van der Waals surface area contributed by atoms with Gasteiger partial charge in [-0.1, -0.05) is 74.7 Å². The Balaban J connectivity index is 1.34. The van der Waals surface area contributed by atoms with Gasteiger partial charge in [-0.15, -0.1) is 9.13 Å². The van der Waals surface area contributed by atoms with E-state index in [1.54, 1.807) is 0 Å². The minimum Gasteiger partial charge on any atom is -0.478 e. The molecule has 7 heterocycles. The number of aromatic nitrogens is 3. The van der Waals surface area contributed by atoms with Crippen LogP contribution in [0.4, 0.5) is 0 Å². The smallest absolute Gasteiger partial charge is 0.360 e. The van der Waals surface area contributed by atoms with E-state index in [9.17, 15) is 0 Å². The van der Waals surface area contributed by atoms with Gasteiger partial charge < -0.3 is 9.47 Å². The number of rotatable bonds is 0. The Bertz CT molecular complexity index is 2180. The largest absolute Gasteiger partial charge is 0.478 e. The SMILES string of the molecule is C[Si]1(C)c2cccc3c2C2(NCO3)c3c1ccc1c3C3c4c-1ccc1c4C4(NCOc5cccc(c54)[Si]1(C)C)[n+]1cnc[n+]2c13. The predicted molar refractivity (Wildman–Crippen MR) is 173 cm³/mol.